The lowest BCUT2D eigenvalue weighted by molar-refractivity contribution is -0.145. The average molecular weight is 265 g/mol. The van der Waals surface area contributed by atoms with E-state index < -0.39 is 17.8 Å². The molecule has 4 nitrogen and oxygen atoms in total. The molecule has 1 saturated heterocycles. The van der Waals surface area contributed by atoms with E-state index in [-0.39, 0.29) is 11.5 Å². The molecule has 2 rings (SSSR count). The molecule has 0 N–H and O–H groups in total. The Morgan fingerprint density at radius 3 is 2.79 bits per heavy atom. The van der Waals surface area contributed by atoms with Crippen molar-refractivity contribution in [3.8, 4) is 0 Å². The van der Waals surface area contributed by atoms with Crippen LogP contribution in [0, 0.1) is 12.7 Å². The molecule has 1 aromatic rings. The number of aryl methyl sites for hydroxylation is 1. The number of carbonyl (C=O) groups is 2. The number of esters is 1. The number of halogens is 1. The van der Waals surface area contributed by atoms with E-state index in [1.807, 2.05) is 0 Å². The zero-order valence-electron chi connectivity index (χ0n) is 11.0. The molecule has 5 heteroatoms. The number of hydrogen-bond acceptors (Lipinski definition) is 3. The average Bonchev–Trinajstić information content (AvgIpc) is 2.89. The van der Waals surface area contributed by atoms with Gasteiger partial charge >= 0.3 is 5.97 Å². The van der Waals surface area contributed by atoms with Gasteiger partial charge in [-0.15, -0.1) is 0 Å². The molecule has 0 bridgehead atoms. The molecule has 1 atom stereocenters. The molecule has 1 aliphatic rings. The molecule has 0 spiro atoms. The predicted octanol–water partition coefficient (Wildman–Crippen LogP) is 1.91. The van der Waals surface area contributed by atoms with Gasteiger partial charge in [-0.3, -0.25) is 4.79 Å². The summed E-state index contributed by atoms with van der Waals surface area (Å²) in [6, 6.07) is 3.80. The van der Waals surface area contributed by atoms with Gasteiger partial charge in [-0.2, -0.15) is 0 Å². The van der Waals surface area contributed by atoms with Crippen LogP contribution in [-0.2, 0) is 9.53 Å². The van der Waals surface area contributed by atoms with Crippen LogP contribution < -0.4 is 0 Å². The Labute approximate surface area is 111 Å². The molecule has 0 radical (unpaired) electrons. The molecule has 0 aromatic heterocycles. The van der Waals surface area contributed by atoms with Crippen molar-refractivity contribution in [2.75, 3.05) is 13.7 Å². The van der Waals surface area contributed by atoms with Crippen molar-refractivity contribution in [3.63, 3.8) is 0 Å². The monoisotopic (exact) mass is 265 g/mol. The highest BCUT2D eigenvalue weighted by Crippen LogP contribution is 2.22. The molecule has 1 fully saturated rings. The molecule has 1 amide bonds. The summed E-state index contributed by atoms with van der Waals surface area (Å²) in [7, 11) is 1.30. The minimum absolute atomic E-state index is 0.263. The maximum Gasteiger partial charge on any atom is 0.328 e. The summed E-state index contributed by atoms with van der Waals surface area (Å²) in [6.07, 6.45) is 1.34. The van der Waals surface area contributed by atoms with Crippen LogP contribution in [0.25, 0.3) is 0 Å². The summed E-state index contributed by atoms with van der Waals surface area (Å²) in [6.45, 7) is 2.13. The zero-order valence-corrected chi connectivity index (χ0v) is 11.0. The third-order valence-electron chi connectivity index (χ3n) is 3.41. The highest BCUT2D eigenvalue weighted by molar-refractivity contribution is 5.97. The van der Waals surface area contributed by atoms with E-state index in [0.29, 0.717) is 18.5 Å². The van der Waals surface area contributed by atoms with E-state index in [1.165, 1.54) is 18.1 Å². The van der Waals surface area contributed by atoms with Crippen LogP contribution in [-0.4, -0.2) is 36.5 Å². The number of likely N-dealkylation sites (tertiary alicyclic amines) is 1. The maximum atomic E-state index is 13.5. The van der Waals surface area contributed by atoms with Gasteiger partial charge < -0.3 is 9.64 Å². The Kier molecular flexibility index (Phi) is 3.83. The number of hydrogen-bond donors (Lipinski definition) is 0. The van der Waals surface area contributed by atoms with Crippen LogP contribution >= 0.6 is 0 Å². The molecular formula is C14H16FNO3. The lowest BCUT2D eigenvalue weighted by atomic mass is 10.1. The second-order valence-corrected chi connectivity index (χ2v) is 4.64. The smallest absolute Gasteiger partial charge is 0.328 e. The number of nitrogens with zero attached hydrogens (tertiary/aromatic N) is 1. The standard InChI is InChI=1S/C14H16FNO3/c1-9-5-6-10(8-11(9)15)13(17)16-7-3-4-12(16)14(18)19-2/h5-6,8,12H,3-4,7H2,1-2H3. The first-order valence-corrected chi connectivity index (χ1v) is 6.19. The Morgan fingerprint density at radius 2 is 2.16 bits per heavy atom. The minimum Gasteiger partial charge on any atom is -0.467 e. The topological polar surface area (TPSA) is 46.6 Å². The van der Waals surface area contributed by atoms with Crippen LogP contribution in [0.4, 0.5) is 4.39 Å². The Balaban J connectivity index is 2.23. The van der Waals surface area contributed by atoms with Crippen LogP contribution in [0.15, 0.2) is 18.2 Å². The van der Waals surface area contributed by atoms with E-state index in [1.54, 1.807) is 19.1 Å². The fourth-order valence-electron chi connectivity index (χ4n) is 2.28. The SMILES string of the molecule is COC(=O)C1CCCN1C(=O)c1ccc(C)c(F)c1. The van der Waals surface area contributed by atoms with Gasteiger partial charge in [0.25, 0.3) is 5.91 Å². The van der Waals surface area contributed by atoms with Crippen LogP contribution in [0.1, 0.15) is 28.8 Å². The number of methoxy groups -OCH3 is 1. The minimum atomic E-state index is -0.554. The summed E-state index contributed by atoms with van der Waals surface area (Å²) in [5.41, 5.74) is 0.751. The van der Waals surface area contributed by atoms with Gasteiger partial charge in [0, 0.05) is 12.1 Å². The number of carbonyl (C=O) groups excluding carboxylic acids is 2. The van der Waals surface area contributed by atoms with E-state index >= 15 is 0 Å². The maximum absolute atomic E-state index is 13.5. The molecule has 19 heavy (non-hydrogen) atoms. The normalized spacial score (nSPS) is 18.5. The third-order valence-corrected chi connectivity index (χ3v) is 3.41. The molecule has 102 valence electrons. The summed E-state index contributed by atoms with van der Waals surface area (Å²) in [5, 5.41) is 0. The predicted molar refractivity (Wildman–Crippen MR) is 67.2 cm³/mol. The van der Waals surface area contributed by atoms with Gasteiger partial charge in [-0.05, 0) is 37.5 Å². The molecule has 1 unspecified atom stereocenters. The lowest BCUT2D eigenvalue weighted by Gasteiger charge is -2.22. The first-order valence-electron chi connectivity index (χ1n) is 6.19. The van der Waals surface area contributed by atoms with Crippen molar-refractivity contribution in [3.05, 3.63) is 35.1 Å². The first kappa shape index (κ1) is 13.5. The lowest BCUT2D eigenvalue weighted by Crippen LogP contribution is -2.41. The number of rotatable bonds is 2. The van der Waals surface area contributed by atoms with Crippen molar-refractivity contribution >= 4 is 11.9 Å². The van der Waals surface area contributed by atoms with Gasteiger partial charge in [-0.1, -0.05) is 6.07 Å². The second kappa shape index (κ2) is 5.38. The highest BCUT2D eigenvalue weighted by atomic mass is 19.1. The zero-order chi connectivity index (χ0) is 14.0. The van der Waals surface area contributed by atoms with Crippen molar-refractivity contribution in [2.24, 2.45) is 0 Å². The molecule has 1 heterocycles. The fourth-order valence-corrected chi connectivity index (χ4v) is 2.28. The quantitative estimate of drug-likeness (QED) is 0.767. The van der Waals surface area contributed by atoms with Crippen LogP contribution in [0.2, 0.25) is 0 Å². The number of benzene rings is 1. The second-order valence-electron chi connectivity index (χ2n) is 4.64. The van der Waals surface area contributed by atoms with Crippen LogP contribution in [0.5, 0.6) is 0 Å². The number of amides is 1. The molecule has 1 aliphatic heterocycles. The Morgan fingerprint density at radius 1 is 1.42 bits per heavy atom. The summed E-state index contributed by atoms with van der Waals surface area (Å²) < 4.78 is 18.2. The van der Waals surface area contributed by atoms with Gasteiger partial charge in [-0.25, -0.2) is 9.18 Å². The van der Waals surface area contributed by atoms with Gasteiger partial charge in [0.1, 0.15) is 11.9 Å². The Hall–Kier alpha value is -1.91. The first-order chi connectivity index (χ1) is 9.04. The summed E-state index contributed by atoms with van der Waals surface area (Å²) in [5.74, 6) is -1.16. The van der Waals surface area contributed by atoms with Gasteiger partial charge in [0.05, 0.1) is 7.11 Å². The van der Waals surface area contributed by atoms with E-state index in [4.69, 9.17) is 0 Å². The van der Waals surface area contributed by atoms with E-state index in [2.05, 4.69) is 4.74 Å². The molecular weight excluding hydrogens is 249 g/mol. The van der Waals surface area contributed by atoms with Crippen LogP contribution in [0.3, 0.4) is 0 Å². The van der Waals surface area contributed by atoms with E-state index in [0.717, 1.165) is 6.42 Å². The van der Waals surface area contributed by atoms with Crippen molar-refractivity contribution in [1.29, 1.82) is 0 Å². The highest BCUT2D eigenvalue weighted by Gasteiger charge is 2.35. The van der Waals surface area contributed by atoms with Crippen molar-refractivity contribution < 1.29 is 18.7 Å². The molecule has 0 aliphatic carbocycles. The molecule has 0 saturated carbocycles. The number of ether oxygens (including phenoxy) is 1. The summed E-state index contributed by atoms with van der Waals surface area (Å²) >= 11 is 0. The molecule has 1 aromatic carbocycles. The largest absolute Gasteiger partial charge is 0.467 e. The summed E-state index contributed by atoms with van der Waals surface area (Å²) in [4.78, 5) is 25.3. The third kappa shape index (κ3) is 2.59. The van der Waals surface area contributed by atoms with Crippen molar-refractivity contribution in [2.45, 2.75) is 25.8 Å². The van der Waals surface area contributed by atoms with Crippen molar-refractivity contribution in [1.82, 2.24) is 4.90 Å². The Bertz CT molecular complexity index is 515. The fraction of sp³-hybridized carbons (Fsp3) is 0.429. The van der Waals surface area contributed by atoms with Gasteiger partial charge in [0.15, 0.2) is 0 Å². The van der Waals surface area contributed by atoms with E-state index in [9.17, 15) is 14.0 Å². The van der Waals surface area contributed by atoms with Gasteiger partial charge in [0.2, 0.25) is 0 Å².